The second kappa shape index (κ2) is 7.93. The Morgan fingerprint density at radius 3 is 2.83 bits per heavy atom. The number of aromatic nitrogens is 1. The van der Waals surface area contributed by atoms with Crippen molar-refractivity contribution in [3.63, 3.8) is 0 Å². The second-order valence-corrected chi connectivity index (χ2v) is 7.41. The molecule has 0 unspecified atom stereocenters. The summed E-state index contributed by atoms with van der Waals surface area (Å²) in [5, 5.41) is 0. The molecule has 24 heavy (non-hydrogen) atoms. The number of piperidine rings is 2. The Morgan fingerprint density at radius 1 is 1.29 bits per heavy atom. The second-order valence-electron chi connectivity index (χ2n) is 7.41. The van der Waals surface area contributed by atoms with E-state index in [9.17, 15) is 4.79 Å². The fraction of sp³-hybridized carbons (Fsp3) is 0.600. The number of rotatable bonds is 4. The molecule has 2 aliphatic rings. The highest BCUT2D eigenvalue weighted by molar-refractivity contribution is 5.94. The average Bonchev–Trinajstić information content (AvgIpc) is 2.61. The molecule has 1 aromatic rings. The number of carbonyl (C=O) groups excluding carboxylic acids is 1. The predicted molar refractivity (Wildman–Crippen MR) is 96.8 cm³/mol. The molecule has 0 aliphatic carbocycles. The van der Waals surface area contributed by atoms with Crippen molar-refractivity contribution in [3.8, 4) is 0 Å². The van der Waals surface area contributed by atoms with Crippen molar-refractivity contribution in [3.05, 3.63) is 42.2 Å². The Morgan fingerprint density at radius 2 is 2.08 bits per heavy atom. The number of nitrogens with zero attached hydrogens (tertiary/aromatic N) is 3. The van der Waals surface area contributed by atoms with Crippen LogP contribution in [-0.4, -0.2) is 52.9 Å². The van der Waals surface area contributed by atoms with E-state index in [4.69, 9.17) is 0 Å². The summed E-state index contributed by atoms with van der Waals surface area (Å²) >= 11 is 0. The van der Waals surface area contributed by atoms with Crippen LogP contribution < -0.4 is 0 Å². The molecule has 2 fully saturated rings. The van der Waals surface area contributed by atoms with Gasteiger partial charge in [-0.1, -0.05) is 26.0 Å². The first-order chi connectivity index (χ1) is 11.6. The predicted octanol–water partition coefficient (Wildman–Crippen LogP) is 3.22. The van der Waals surface area contributed by atoms with Gasteiger partial charge in [0.2, 0.25) is 0 Å². The maximum Gasteiger partial charge on any atom is 0.253 e. The van der Waals surface area contributed by atoms with Gasteiger partial charge in [-0.05, 0) is 49.8 Å². The third kappa shape index (κ3) is 4.04. The lowest BCUT2D eigenvalue weighted by molar-refractivity contribution is 0.0259. The number of likely N-dealkylation sites (tertiary alicyclic amines) is 2. The lowest BCUT2D eigenvalue weighted by Gasteiger charge is -2.47. The molecule has 1 aromatic heterocycles. The van der Waals surface area contributed by atoms with Crippen LogP contribution in [0, 0.1) is 11.8 Å². The number of carbonyl (C=O) groups is 1. The molecule has 0 N–H and O–H groups in total. The summed E-state index contributed by atoms with van der Waals surface area (Å²) in [5.41, 5.74) is 0.760. The minimum absolute atomic E-state index is 0.160. The molecule has 0 spiro atoms. The number of hydrogen-bond donors (Lipinski definition) is 0. The Balaban J connectivity index is 1.61. The zero-order chi connectivity index (χ0) is 16.9. The van der Waals surface area contributed by atoms with Gasteiger partial charge in [0.05, 0.1) is 0 Å². The van der Waals surface area contributed by atoms with Gasteiger partial charge in [0, 0.05) is 43.6 Å². The monoisotopic (exact) mass is 327 g/mol. The first-order valence-electron chi connectivity index (χ1n) is 9.25. The van der Waals surface area contributed by atoms with Crippen molar-refractivity contribution in [2.75, 3.05) is 26.2 Å². The molecule has 2 saturated heterocycles. The van der Waals surface area contributed by atoms with Crippen LogP contribution in [0.25, 0.3) is 0 Å². The van der Waals surface area contributed by atoms with Gasteiger partial charge < -0.3 is 4.90 Å². The van der Waals surface area contributed by atoms with Crippen LogP contribution >= 0.6 is 0 Å². The van der Waals surface area contributed by atoms with E-state index < -0.39 is 0 Å². The lowest BCUT2D eigenvalue weighted by atomic mass is 9.83. The summed E-state index contributed by atoms with van der Waals surface area (Å²) in [6.07, 6.45) is 11.6. The minimum Gasteiger partial charge on any atom is -0.338 e. The van der Waals surface area contributed by atoms with Crippen molar-refractivity contribution >= 4 is 5.91 Å². The van der Waals surface area contributed by atoms with Gasteiger partial charge in [0.1, 0.15) is 0 Å². The van der Waals surface area contributed by atoms with E-state index in [0.717, 1.165) is 31.6 Å². The smallest absolute Gasteiger partial charge is 0.253 e. The highest BCUT2D eigenvalue weighted by Crippen LogP contribution is 2.31. The summed E-state index contributed by atoms with van der Waals surface area (Å²) < 4.78 is 0. The van der Waals surface area contributed by atoms with Gasteiger partial charge in [-0.25, -0.2) is 0 Å². The largest absolute Gasteiger partial charge is 0.338 e. The molecule has 0 aromatic carbocycles. The van der Waals surface area contributed by atoms with Crippen LogP contribution in [0.1, 0.15) is 43.5 Å². The fourth-order valence-electron chi connectivity index (χ4n) is 4.06. The highest BCUT2D eigenvalue weighted by Gasteiger charge is 2.36. The van der Waals surface area contributed by atoms with E-state index >= 15 is 0 Å². The normalized spacial score (nSPS) is 25.2. The van der Waals surface area contributed by atoms with E-state index in [1.165, 1.54) is 19.4 Å². The van der Waals surface area contributed by atoms with Crippen molar-refractivity contribution in [1.82, 2.24) is 14.8 Å². The van der Waals surface area contributed by atoms with Gasteiger partial charge in [-0.3, -0.25) is 14.7 Å². The van der Waals surface area contributed by atoms with Crippen LogP contribution in [0.3, 0.4) is 0 Å². The molecule has 4 nitrogen and oxygen atoms in total. The molecular formula is C20H29N3O. The highest BCUT2D eigenvalue weighted by atomic mass is 16.2. The number of allylic oxidation sites excluding steroid dienone is 1. The van der Waals surface area contributed by atoms with E-state index in [1.807, 2.05) is 17.0 Å². The maximum atomic E-state index is 12.7. The minimum atomic E-state index is 0.160. The Kier molecular flexibility index (Phi) is 5.67. The van der Waals surface area contributed by atoms with Crippen LogP contribution in [0.4, 0.5) is 0 Å². The molecule has 130 valence electrons. The first kappa shape index (κ1) is 17.2. The number of amides is 1. The number of pyridine rings is 1. The molecule has 0 radical (unpaired) electrons. The van der Waals surface area contributed by atoms with E-state index in [1.54, 1.807) is 12.4 Å². The van der Waals surface area contributed by atoms with Crippen molar-refractivity contribution in [2.24, 2.45) is 11.8 Å². The molecule has 4 heteroatoms. The molecule has 0 bridgehead atoms. The summed E-state index contributed by atoms with van der Waals surface area (Å²) in [6, 6.07) is 4.27. The third-order valence-electron chi connectivity index (χ3n) is 5.26. The quantitative estimate of drug-likeness (QED) is 0.797. The van der Waals surface area contributed by atoms with Crippen molar-refractivity contribution in [1.29, 1.82) is 0 Å². The maximum absolute atomic E-state index is 12.7. The van der Waals surface area contributed by atoms with Gasteiger partial charge in [0.25, 0.3) is 5.91 Å². The van der Waals surface area contributed by atoms with E-state index in [2.05, 4.69) is 35.9 Å². The Labute approximate surface area is 145 Å². The summed E-state index contributed by atoms with van der Waals surface area (Å²) in [4.78, 5) is 21.4. The lowest BCUT2D eigenvalue weighted by Crippen LogP contribution is -2.55. The molecule has 0 saturated carbocycles. The first-order valence-corrected chi connectivity index (χ1v) is 9.25. The third-order valence-corrected chi connectivity index (χ3v) is 5.26. The fourth-order valence-corrected chi connectivity index (χ4v) is 4.06. The number of fused-ring (bicyclic) bond motifs is 1. The average molecular weight is 327 g/mol. The zero-order valence-electron chi connectivity index (χ0n) is 14.9. The Bertz CT molecular complexity index is 570. The summed E-state index contributed by atoms with van der Waals surface area (Å²) in [7, 11) is 0. The van der Waals surface area contributed by atoms with Gasteiger partial charge in [-0.15, -0.1) is 0 Å². The molecule has 3 heterocycles. The zero-order valence-corrected chi connectivity index (χ0v) is 14.9. The van der Waals surface area contributed by atoms with Crippen LogP contribution in [0.5, 0.6) is 0 Å². The van der Waals surface area contributed by atoms with Crippen LogP contribution in [-0.2, 0) is 0 Å². The van der Waals surface area contributed by atoms with Crippen molar-refractivity contribution in [2.45, 2.75) is 39.2 Å². The molecule has 2 atom stereocenters. The van der Waals surface area contributed by atoms with Gasteiger partial charge >= 0.3 is 0 Å². The standard InChI is InChI=1S/C20H29N3O/c1-16(2)5-3-12-22-13-4-6-18-15-23(14-9-19(18)22)20(24)17-7-10-21-11-8-17/h3,5,7-8,10-11,16,18-19H,4,6,9,12-15H2,1-2H3/b5-3+/t18-,19-/m1/s1. The van der Waals surface area contributed by atoms with Gasteiger partial charge in [0.15, 0.2) is 0 Å². The molecule has 1 amide bonds. The van der Waals surface area contributed by atoms with Crippen LogP contribution in [0.15, 0.2) is 36.7 Å². The number of hydrogen-bond acceptors (Lipinski definition) is 3. The summed E-state index contributed by atoms with van der Waals surface area (Å²) in [6.45, 7) is 8.46. The molecule has 2 aliphatic heterocycles. The Hall–Kier alpha value is -1.68. The van der Waals surface area contributed by atoms with E-state index in [0.29, 0.717) is 17.9 Å². The van der Waals surface area contributed by atoms with E-state index in [-0.39, 0.29) is 5.91 Å². The molecule has 3 rings (SSSR count). The van der Waals surface area contributed by atoms with Crippen molar-refractivity contribution < 1.29 is 4.79 Å². The topological polar surface area (TPSA) is 36.4 Å². The molecular weight excluding hydrogens is 298 g/mol. The van der Waals surface area contributed by atoms with Gasteiger partial charge in [-0.2, -0.15) is 0 Å². The SMILES string of the molecule is CC(C)/C=C/CN1CCC[C@@H]2CN(C(=O)c3ccncc3)CC[C@H]21. The van der Waals surface area contributed by atoms with Crippen LogP contribution in [0.2, 0.25) is 0 Å². The summed E-state index contributed by atoms with van der Waals surface area (Å²) in [5.74, 6) is 1.39.